The van der Waals surface area contributed by atoms with Gasteiger partial charge in [-0.3, -0.25) is 9.59 Å². The van der Waals surface area contributed by atoms with Crippen molar-refractivity contribution in [1.29, 1.82) is 0 Å². The topological polar surface area (TPSA) is 77.3 Å². The number of amides is 1. The third-order valence-electron chi connectivity index (χ3n) is 4.99. The number of ether oxygens (including phenoxy) is 1. The highest BCUT2D eigenvalue weighted by molar-refractivity contribution is 7.99. The third kappa shape index (κ3) is 5.08. The van der Waals surface area contributed by atoms with Crippen LogP contribution in [0.5, 0.6) is 5.75 Å². The first-order valence-electron chi connectivity index (χ1n) is 9.84. The van der Waals surface area contributed by atoms with E-state index < -0.39 is 0 Å². The minimum Gasteiger partial charge on any atom is -0.486 e. The molecule has 0 bridgehead atoms. The zero-order valence-electron chi connectivity index (χ0n) is 17.0. The number of hydrogen-bond acceptors (Lipinski definition) is 6. The molecule has 0 spiro atoms. The van der Waals surface area contributed by atoms with Gasteiger partial charge in [-0.15, -0.1) is 10.2 Å². The Morgan fingerprint density at radius 1 is 1.19 bits per heavy atom. The zero-order valence-corrected chi connectivity index (χ0v) is 18.5. The maximum Gasteiger partial charge on any atom is 0.227 e. The van der Waals surface area contributed by atoms with Gasteiger partial charge in [-0.2, -0.15) is 0 Å². The molecule has 1 aromatic heterocycles. The summed E-state index contributed by atoms with van der Waals surface area (Å²) >= 11 is 7.20. The smallest absolute Gasteiger partial charge is 0.227 e. The van der Waals surface area contributed by atoms with E-state index in [4.69, 9.17) is 16.3 Å². The van der Waals surface area contributed by atoms with Crippen LogP contribution in [0, 0.1) is 0 Å². The average Bonchev–Trinajstić information content (AvgIpc) is 3.37. The summed E-state index contributed by atoms with van der Waals surface area (Å²) in [5.74, 6) is 1.64. The van der Waals surface area contributed by atoms with E-state index in [-0.39, 0.29) is 24.1 Å². The second-order valence-electron chi connectivity index (χ2n) is 7.11. The van der Waals surface area contributed by atoms with Crippen molar-refractivity contribution in [2.45, 2.75) is 24.6 Å². The van der Waals surface area contributed by atoms with Crippen LogP contribution in [0.4, 0.5) is 5.69 Å². The van der Waals surface area contributed by atoms with Gasteiger partial charge in [-0.05, 0) is 42.8 Å². The molecule has 0 saturated carbocycles. The Kier molecular flexibility index (Phi) is 6.58. The van der Waals surface area contributed by atoms with E-state index in [1.165, 1.54) is 11.8 Å². The summed E-state index contributed by atoms with van der Waals surface area (Å²) in [6.45, 7) is 0.955. The molecule has 1 amide bonds. The van der Waals surface area contributed by atoms with Crippen LogP contribution in [0.3, 0.4) is 0 Å². The molecule has 1 aliphatic rings. The first-order chi connectivity index (χ1) is 15.0. The highest BCUT2D eigenvalue weighted by Gasteiger charge is 2.22. The molecule has 3 aromatic rings. The number of anilines is 1. The molecule has 160 valence electrons. The second-order valence-corrected chi connectivity index (χ2v) is 8.49. The Labute approximate surface area is 189 Å². The van der Waals surface area contributed by atoms with Gasteiger partial charge >= 0.3 is 0 Å². The van der Waals surface area contributed by atoms with Crippen LogP contribution in [-0.4, -0.2) is 38.8 Å². The molecule has 4 rings (SSSR count). The van der Waals surface area contributed by atoms with Gasteiger partial charge in [0.05, 0.1) is 5.75 Å². The quantitative estimate of drug-likeness (QED) is 0.374. The molecule has 0 aliphatic carbocycles. The average molecular weight is 457 g/mol. The van der Waals surface area contributed by atoms with Gasteiger partial charge in [-0.25, -0.2) is 0 Å². The largest absolute Gasteiger partial charge is 0.486 e. The summed E-state index contributed by atoms with van der Waals surface area (Å²) in [5.41, 5.74) is 1.36. The van der Waals surface area contributed by atoms with E-state index in [1.54, 1.807) is 41.3 Å². The molecule has 1 saturated heterocycles. The van der Waals surface area contributed by atoms with Crippen LogP contribution in [0.2, 0.25) is 5.02 Å². The lowest BCUT2D eigenvalue weighted by Crippen LogP contribution is -2.23. The molecule has 0 atom stereocenters. The number of aromatic nitrogens is 3. The molecule has 9 heteroatoms. The van der Waals surface area contributed by atoms with Crippen LogP contribution >= 0.6 is 23.4 Å². The van der Waals surface area contributed by atoms with Crippen molar-refractivity contribution in [3.8, 4) is 5.75 Å². The number of thioether (sulfide) groups is 1. The van der Waals surface area contributed by atoms with Crippen LogP contribution in [-0.2, 0) is 18.4 Å². The monoisotopic (exact) mass is 456 g/mol. The van der Waals surface area contributed by atoms with E-state index >= 15 is 0 Å². The number of halogens is 1. The predicted octanol–water partition coefficient (Wildman–Crippen LogP) is 4.15. The first kappa shape index (κ1) is 21.4. The Bertz CT molecular complexity index is 1100. The predicted molar refractivity (Wildman–Crippen MR) is 120 cm³/mol. The summed E-state index contributed by atoms with van der Waals surface area (Å²) in [6.07, 6.45) is 1.41. The maximum absolute atomic E-state index is 12.7. The molecule has 2 aromatic carbocycles. The Morgan fingerprint density at radius 3 is 2.74 bits per heavy atom. The van der Waals surface area contributed by atoms with Crippen molar-refractivity contribution in [3.63, 3.8) is 0 Å². The zero-order chi connectivity index (χ0) is 21.8. The van der Waals surface area contributed by atoms with Crippen molar-refractivity contribution in [1.82, 2.24) is 14.8 Å². The number of carbonyl (C=O) groups excluding carboxylic acids is 2. The molecular formula is C22H21ClN4O3S. The van der Waals surface area contributed by atoms with Crippen molar-refractivity contribution in [2.75, 3.05) is 17.2 Å². The van der Waals surface area contributed by atoms with Crippen molar-refractivity contribution in [2.24, 2.45) is 7.05 Å². The van der Waals surface area contributed by atoms with Gasteiger partial charge in [0, 0.05) is 36.3 Å². The van der Waals surface area contributed by atoms with E-state index in [9.17, 15) is 9.59 Å². The maximum atomic E-state index is 12.7. The summed E-state index contributed by atoms with van der Waals surface area (Å²) in [6, 6.07) is 14.3. The third-order valence-corrected chi connectivity index (χ3v) is 6.26. The van der Waals surface area contributed by atoms with E-state index in [1.807, 2.05) is 23.7 Å². The Hall–Kier alpha value is -2.84. The van der Waals surface area contributed by atoms with Crippen LogP contribution in [0.15, 0.2) is 53.7 Å². The number of hydrogen-bond donors (Lipinski definition) is 0. The van der Waals surface area contributed by atoms with Crippen LogP contribution < -0.4 is 9.64 Å². The van der Waals surface area contributed by atoms with E-state index in [0.717, 1.165) is 12.1 Å². The van der Waals surface area contributed by atoms with Crippen molar-refractivity contribution in [3.05, 3.63) is 64.9 Å². The molecule has 31 heavy (non-hydrogen) atoms. The molecule has 0 radical (unpaired) electrons. The lowest BCUT2D eigenvalue weighted by molar-refractivity contribution is -0.117. The number of ketones is 1. The minimum atomic E-state index is -0.0274. The molecule has 1 aliphatic heterocycles. The molecule has 2 heterocycles. The normalized spacial score (nSPS) is 13.6. The molecule has 1 fully saturated rings. The van der Waals surface area contributed by atoms with Gasteiger partial charge in [0.1, 0.15) is 12.4 Å². The fourth-order valence-electron chi connectivity index (χ4n) is 3.26. The lowest BCUT2D eigenvalue weighted by atomic mass is 10.1. The number of rotatable bonds is 8. The van der Waals surface area contributed by atoms with Gasteiger partial charge < -0.3 is 14.2 Å². The summed E-state index contributed by atoms with van der Waals surface area (Å²) < 4.78 is 7.53. The minimum absolute atomic E-state index is 0.0274. The first-order valence-corrected chi connectivity index (χ1v) is 11.2. The highest BCUT2D eigenvalue weighted by atomic mass is 35.5. The molecule has 7 nitrogen and oxygen atoms in total. The number of nitrogens with zero attached hydrogens (tertiary/aromatic N) is 4. The Morgan fingerprint density at radius 2 is 2.00 bits per heavy atom. The summed E-state index contributed by atoms with van der Waals surface area (Å²) in [7, 11) is 1.84. The van der Waals surface area contributed by atoms with Crippen LogP contribution in [0.25, 0.3) is 0 Å². The van der Waals surface area contributed by atoms with Crippen molar-refractivity contribution >= 4 is 40.7 Å². The van der Waals surface area contributed by atoms with Gasteiger partial charge in [0.25, 0.3) is 0 Å². The van der Waals surface area contributed by atoms with Gasteiger partial charge in [-0.1, -0.05) is 35.5 Å². The standard InChI is InChI=1S/C22H21ClN4O3S/c1-26-20(13-30-18-9-7-16(23)8-10-18)24-25-22(26)31-14-19(28)15-4-2-5-17(12-15)27-11-3-6-21(27)29/h2,4-5,7-10,12H,3,6,11,13-14H2,1H3. The SMILES string of the molecule is Cn1c(COc2ccc(Cl)cc2)nnc1SCC(=O)c1cccc(N2CCCC2=O)c1. The number of carbonyl (C=O) groups is 2. The highest BCUT2D eigenvalue weighted by Crippen LogP contribution is 2.24. The lowest BCUT2D eigenvalue weighted by Gasteiger charge is -2.16. The number of Topliss-reactive ketones (excluding diaryl/α,β-unsaturated/α-hetero) is 1. The van der Waals surface area contributed by atoms with Crippen LogP contribution in [0.1, 0.15) is 29.0 Å². The van der Waals surface area contributed by atoms with Gasteiger partial charge in [0.2, 0.25) is 5.91 Å². The fourth-order valence-corrected chi connectivity index (χ4v) is 4.21. The number of benzene rings is 2. The van der Waals surface area contributed by atoms with E-state index in [0.29, 0.717) is 40.3 Å². The summed E-state index contributed by atoms with van der Waals surface area (Å²) in [4.78, 5) is 26.4. The summed E-state index contributed by atoms with van der Waals surface area (Å²) in [5, 5.41) is 9.61. The molecular weight excluding hydrogens is 436 g/mol. The Balaban J connectivity index is 1.35. The molecule has 0 unspecified atom stereocenters. The second kappa shape index (κ2) is 9.53. The van der Waals surface area contributed by atoms with Crippen molar-refractivity contribution < 1.29 is 14.3 Å². The van der Waals surface area contributed by atoms with E-state index in [2.05, 4.69) is 10.2 Å². The fraction of sp³-hybridized carbons (Fsp3) is 0.273. The molecule has 0 N–H and O–H groups in total. The van der Waals surface area contributed by atoms with Gasteiger partial charge in [0.15, 0.2) is 16.8 Å².